The molecular formula is C17H18N2O4S. The molecule has 126 valence electrons. The summed E-state index contributed by atoms with van der Waals surface area (Å²) >= 11 is 1.35. The number of nitrogens with two attached hydrogens (primary N) is 1. The van der Waals surface area contributed by atoms with E-state index in [1.54, 1.807) is 11.0 Å². The second-order valence-corrected chi connectivity index (χ2v) is 6.87. The van der Waals surface area contributed by atoms with Crippen molar-refractivity contribution in [2.45, 2.75) is 12.8 Å². The van der Waals surface area contributed by atoms with Gasteiger partial charge in [0.05, 0.1) is 0 Å². The molecule has 0 spiro atoms. The molecule has 0 atom stereocenters. The highest BCUT2D eigenvalue weighted by Crippen LogP contribution is 2.25. The van der Waals surface area contributed by atoms with Gasteiger partial charge in [0.2, 0.25) is 5.91 Å². The molecule has 2 amide bonds. The Labute approximate surface area is 143 Å². The van der Waals surface area contributed by atoms with Crippen molar-refractivity contribution in [2.24, 2.45) is 11.7 Å². The van der Waals surface area contributed by atoms with Gasteiger partial charge in [0.25, 0.3) is 5.91 Å². The Hall–Kier alpha value is -2.41. The first-order chi connectivity index (χ1) is 11.5. The number of hydrogen-bond donors (Lipinski definition) is 1. The zero-order valence-corrected chi connectivity index (χ0v) is 13.9. The van der Waals surface area contributed by atoms with E-state index in [9.17, 15) is 14.4 Å². The van der Waals surface area contributed by atoms with Crippen molar-refractivity contribution in [3.63, 3.8) is 0 Å². The Balaban J connectivity index is 1.52. The lowest BCUT2D eigenvalue weighted by Crippen LogP contribution is -2.43. The lowest BCUT2D eigenvalue weighted by Gasteiger charge is -2.30. The lowest BCUT2D eigenvalue weighted by atomic mass is 9.96. The van der Waals surface area contributed by atoms with Gasteiger partial charge in [-0.1, -0.05) is 18.2 Å². The number of hydrogen-bond acceptors (Lipinski definition) is 5. The fourth-order valence-electron chi connectivity index (χ4n) is 2.79. The van der Waals surface area contributed by atoms with Crippen LogP contribution in [0.25, 0.3) is 10.1 Å². The zero-order chi connectivity index (χ0) is 17.1. The Morgan fingerprint density at radius 3 is 2.58 bits per heavy atom. The Morgan fingerprint density at radius 1 is 1.21 bits per heavy atom. The van der Waals surface area contributed by atoms with Crippen molar-refractivity contribution in [2.75, 3.05) is 19.7 Å². The number of amides is 2. The Morgan fingerprint density at radius 2 is 1.92 bits per heavy atom. The Bertz CT molecular complexity index is 745. The van der Waals surface area contributed by atoms with E-state index in [2.05, 4.69) is 0 Å². The number of thiophene rings is 1. The molecule has 1 aromatic heterocycles. The van der Waals surface area contributed by atoms with E-state index in [0.717, 1.165) is 10.1 Å². The van der Waals surface area contributed by atoms with E-state index >= 15 is 0 Å². The second-order valence-electron chi connectivity index (χ2n) is 5.78. The number of carbonyl (C=O) groups is 3. The van der Waals surface area contributed by atoms with Gasteiger partial charge in [-0.25, -0.2) is 4.79 Å². The minimum atomic E-state index is -0.489. The van der Waals surface area contributed by atoms with Gasteiger partial charge in [0, 0.05) is 23.7 Å². The molecule has 0 unspecified atom stereocenters. The molecule has 2 aromatic rings. The van der Waals surface area contributed by atoms with Crippen LogP contribution in [0.15, 0.2) is 30.3 Å². The first-order valence-corrected chi connectivity index (χ1v) is 8.59. The van der Waals surface area contributed by atoms with Crippen molar-refractivity contribution >= 4 is 39.2 Å². The van der Waals surface area contributed by atoms with E-state index < -0.39 is 5.97 Å². The van der Waals surface area contributed by atoms with E-state index in [4.69, 9.17) is 10.5 Å². The summed E-state index contributed by atoms with van der Waals surface area (Å²) in [7, 11) is 0. The molecule has 1 aliphatic heterocycles. The number of piperidine rings is 1. The minimum Gasteiger partial charge on any atom is -0.451 e. The molecule has 1 fully saturated rings. The van der Waals surface area contributed by atoms with Crippen molar-refractivity contribution in [1.29, 1.82) is 0 Å². The molecule has 2 heterocycles. The van der Waals surface area contributed by atoms with Crippen LogP contribution in [-0.4, -0.2) is 42.4 Å². The van der Waals surface area contributed by atoms with Gasteiger partial charge < -0.3 is 15.4 Å². The molecular weight excluding hydrogens is 328 g/mol. The average molecular weight is 346 g/mol. The molecule has 0 bridgehead atoms. The number of esters is 1. The monoisotopic (exact) mass is 346 g/mol. The fraction of sp³-hybridized carbons (Fsp3) is 0.353. The molecule has 0 aliphatic carbocycles. The summed E-state index contributed by atoms with van der Waals surface area (Å²) in [6.45, 7) is 0.647. The van der Waals surface area contributed by atoms with Crippen LogP contribution in [0.2, 0.25) is 0 Å². The smallest absolute Gasteiger partial charge is 0.348 e. The standard InChI is InChI=1S/C17H18N2O4S/c18-16(21)11-5-7-19(8-6-11)15(20)10-23-17(22)14-9-12-3-1-2-4-13(12)24-14/h1-4,9,11H,5-8,10H2,(H2,18,21). The number of primary amides is 1. The van der Waals surface area contributed by atoms with Crippen LogP contribution in [0.1, 0.15) is 22.5 Å². The molecule has 24 heavy (non-hydrogen) atoms. The highest BCUT2D eigenvalue weighted by atomic mass is 32.1. The number of nitrogens with zero attached hydrogens (tertiary/aromatic N) is 1. The van der Waals surface area contributed by atoms with Crippen molar-refractivity contribution in [3.8, 4) is 0 Å². The summed E-state index contributed by atoms with van der Waals surface area (Å²) in [4.78, 5) is 37.4. The Kier molecular flexibility index (Phi) is 4.80. The predicted molar refractivity (Wildman–Crippen MR) is 90.6 cm³/mol. The first kappa shape index (κ1) is 16.4. The van der Waals surface area contributed by atoms with Gasteiger partial charge in [-0.15, -0.1) is 11.3 Å². The number of likely N-dealkylation sites (tertiary alicyclic amines) is 1. The van der Waals surface area contributed by atoms with Crippen LogP contribution in [0, 0.1) is 5.92 Å². The van der Waals surface area contributed by atoms with Crippen LogP contribution >= 0.6 is 11.3 Å². The second kappa shape index (κ2) is 7.00. The van der Waals surface area contributed by atoms with E-state index in [-0.39, 0.29) is 24.3 Å². The third-order valence-corrected chi connectivity index (χ3v) is 5.30. The molecule has 7 heteroatoms. The number of fused-ring (bicyclic) bond motifs is 1. The van der Waals surface area contributed by atoms with Gasteiger partial charge in [-0.2, -0.15) is 0 Å². The fourth-order valence-corrected chi connectivity index (χ4v) is 3.74. The summed E-state index contributed by atoms with van der Waals surface area (Å²) in [5, 5.41) is 0.981. The number of ether oxygens (including phenoxy) is 1. The number of benzene rings is 1. The third kappa shape index (κ3) is 3.56. The largest absolute Gasteiger partial charge is 0.451 e. The molecule has 1 saturated heterocycles. The van der Waals surface area contributed by atoms with E-state index in [1.807, 2.05) is 24.3 Å². The molecule has 0 radical (unpaired) electrons. The minimum absolute atomic E-state index is 0.171. The van der Waals surface area contributed by atoms with Gasteiger partial charge in [-0.05, 0) is 30.4 Å². The normalized spacial score (nSPS) is 15.4. The lowest BCUT2D eigenvalue weighted by molar-refractivity contribution is -0.137. The van der Waals surface area contributed by atoms with Crippen molar-refractivity contribution in [3.05, 3.63) is 35.2 Å². The molecule has 2 N–H and O–H groups in total. The maximum Gasteiger partial charge on any atom is 0.348 e. The maximum atomic E-state index is 12.1. The van der Waals surface area contributed by atoms with Crippen molar-refractivity contribution < 1.29 is 19.1 Å². The van der Waals surface area contributed by atoms with Gasteiger partial charge >= 0.3 is 5.97 Å². The SMILES string of the molecule is NC(=O)C1CCN(C(=O)COC(=O)c2cc3ccccc3s2)CC1. The molecule has 6 nitrogen and oxygen atoms in total. The third-order valence-electron chi connectivity index (χ3n) is 4.20. The molecule has 3 rings (SSSR count). The van der Waals surface area contributed by atoms with E-state index in [0.29, 0.717) is 30.8 Å². The van der Waals surface area contributed by atoms with Crippen LogP contribution in [-0.2, 0) is 14.3 Å². The van der Waals surface area contributed by atoms with Crippen LogP contribution < -0.4 is 5.73 Å². The summed E-state index contributed by atoms with van der Waals surface area (Å²) in [6, 6.07) is 9.45. The predicted octanol–water partition coefficient (Wildman–Crippen LogP) is 1.78. The van der Waals surface area contributed by atoms with Crippen LogP contribution in [0.5, 0.6) is 0 Å². The summed E-state index contributed by atoms with van der Waals surface area (Å²) in [6.07, 6.45) is 1.12. The van der Waals surface area contributed by atoms with Crippen LogP contribution in [0.4, 0.5) is 0 Å². The topological polar surface area (TPSA) is 89.7 Å². The zero-order valence-electron chi connectivity index (χ0n) is 13.1. The first-order valence-electron chi connectivity index (χ1n) is 7.77. The maximum absolute atomic E-state index is 12.1. The molecule has 1 aliphatic rings. The number of rotatable bonds is 4. The molecule has 1 aromatic carbocycles. The van der Waals surface area contributed by atoms with Gasteiger partial charge in [0.15, 0.2) is 6.61 Å². The number of carbonyl (C=O) groups excluding carboxylic acids is 3. The van der Waals surface area contributed by atoms with Crippen LogP contribution in [0.3, 0.4) is 0 Å². The molecule has 0 saturated carbocycles. The summed E-state index contributed by atoms with van der Waals surface area (Å²) in [5.74, 6) is -1.22. The summed E-state index contributed by atoms with van der Waals surface area (Å²) < 4.78 is 6.14. The average Bonchev–Trinajstić information content (AvgIpc) is 3.03. The highest BCUT2D eigenvalue weighted by molar-refractivity contribution is 7.20. The summed E-state index contributed by atoms with van der Waals surface area (Å²) in [5.41, 5.74) is 5.27. The van der Waals surface area contributed by atoms with Gasteiger partial charge in [-0.3, -0.25) is 9.59 Å². The van der Waals surface area contributed by atoms with E-state index in [1.165, 1.54) is 11.3 Å². The van der Waals surface area contributed by atoms with Gasteiger partial charge in [0.1, 0.15) is 4.88 Å². The quantitative estimate of drug-likeness (QED) is 0.855. The van der Waals surface area contributed by atoms with Crippen molar-refractivity contribution in [1.82, 2.24) is 4.90 Å². The highest BCUT2D eigenvalue weighted by Gasteiger charge is 2.26.